The Hall–Kier alpha value is -1.76. The second kappa shape index (κ2) is 5.05. The van der Waals surface area contributed by atoms with Crippen LogP contribution in [0.25, 0.3) is 0 Å². The molecular weight excluding hydrogens is 242 g/mol. The average Bonchev–Trinajstić information content (AvgIpc) is 2.18. The number of nitrogens with one attached hydrogen (secondary N) is 1. The number of carbonyl (C=O) groups excluding carboxylic acids is 1. The number of benzene rings is 1. The first-order chi connectivity index (χ1) is 7.79. The Kier molecular flexibility index (Phi) is 3.95. The standard InChI is InChI=1S/C10H15N3O3S/c1-17(15,16)5-4-13-9-6-7(10(12)14)2-3-8(9)11/h2-3,6,13H,4-5,11H2,1H3,(H2,12,14). The van der Waals surface area contributed by atoms with Crippen LogP contribution in [-0.4, -0.2) is 32.9 Å². The van der Waals surface area contributed by atoms with E-state index >= 15 is 0 Å². The highest BCUT2D eigenvalue weighted by molar-refractivity contribution is 7.90. The van der Waals surface area contributed by atoms with Crippen molar-refractivity contribution in [2.24, 2.45) is 5.73 Å². The summed E-state index contributed by atoms with van der Waals surface area (Å²) in [5.74, 6) is -0.566. The van der Waals surface area contributed by atoms with Gasteiger partial charge in [0.15, 0.2) is 0 Å². The molecule has 0 radical (unpaired) electrons. The lowest BCUT2D eigenvalue weighted by molar-refractivity contribution is 0.100. The molecule has 0 spiro atoms. The van der Waals surface area contributed by atoms with Crippen LogP contribution in [0.3, 0.4) is 0 Å². The zero-order chi connectivity index (χ0) is 13.1. The number of primary amides is 1. The maximum Gasteiger partial charge on any atom is 0.248 e. The first kappa shape index (κ1) is 13.3. The molecule has 17 heavy (non-hydrogen) atoms. The summed E-state index contributed by atoms with van der Waals surface area (Å²) in [6.07, 6.45) is 1.15. The maximum atomic E-state index is 11.0. The van der Waals surface area contributed by atoms with Gasteiger partial charge in [-0.2, -0.15) is 0 Å². The highest BCUT2D eigenvalue weighted by Gasteiger charge is 2.06. The van der Waals surface area contributed by atoms with Crippen LogP contribution in [0.4, 0.5) is 11.4 Å². The van der Waals surface area contributed by atoms with E-state index in [9.17, 15) is 13.2 Å². The monoisotopic (exact) mass is 257 g/mol. The van der Waals surface area contributed by atoms with Gasteiger partial charge in [0.25, 0.3) is 0 Å². The van der Waals surface area contributed by atoms with E-state index in [0.29, 0.717) is 16.9 Å². The Labute approximate surface area is 99.9 Å². The van der Waals surface area contributed by atoms with Crippen molar-refractivity contribution in [2.45, 2.75) is 0 Å². The van der Waals surface area contributed by atoms with Crippen molar-refractivity contribution in [3.05, 3.63) is 23.8 Å². The van der Waals surface area contributed by atoms with Gasteiger partial charge < -0.3 is 16.8 Å². The summed E-state index contributed by atoms with van der Waals surface area (Å²) in [4.78, 5) is 11.0. The van der Waals surface area contributed by atoms with Crippen LogP contribution >= 0.6 is 0 Å². The van der Waals surface area contributed by atoms with Crippen LogP contribution in [0.15, 0.2) is 18.2 Å². The summed E-state index contributed by atoms with van der Waals surface area (Å²) < 4.78 is 21.9. The Bertz CT molecular complexity index is 526. The number of amides is 1. The van der Waals surface area contributed by atoms with Crippen LogP contribution < -0.4 is 16.8 Å². The Balaban J connectivity index is 2.76. The second-order valence-corrected chi connectivity index (χ2v) is 5.98. The predicted molar refractivity (Wildman–Crippen MR) is 67.6 cm³/mol. The van der Waals surface area contributed by atoms with E-state index in [2.05, 4.69) is 5.32 Å². The Morgan fingerprint density at radius 2 is 2.06 bits per heavy atom. The van der Waals surface area contributed by atoms with E-state index in [4.69, 9.17) is 11.5 Å². The molecule has 0 aliphatic rings. The second-order valence-electron chi connectivity index (χ2n) is 3.72. The minimum atomic E-state index is -3.03. The lowest BCUT2D eigenvalue weighted by Gasteiger charge is -2.09. The van der Waals surface area contributed by atoms with Crippen LogP contribution in [-0.2, 0) is 9.84 Å². The first-order valence-electron chi connectivity index (χ1n) is 4.90. The molecule has 1 aromatic rings. The van der Waals surface area contributed by atoms with Gasteiger partial charge in [0.05, 0.1) is 17.1 Å². The van der Waals surface area contributed by atoms with Gasteiger partial charge in [-0.05, 0) is 18.2 Å². The number of hydrogen-bond acceptors (Lipinski definition) is 5. The zero-order valence-electron chi connectivity index (χ0n) is 9.43. The van der Waals surface area contributed by atoms with Gasteiger partial charge in [0.2, 0.25) is 5.91 Å². The van der Waals surface area contributed by atoms with Crippen molar-refractivity contribution in [3.63, 3.8) is 0 Å². The lowest BCUT2D eigenvalue weighted by atomic mass is 10.1. The van der Waals surface area contributed by atoms with E-state index in [1.165, 1.54) is 12.1 Å². The van der Waals surface area contributed by atoms with Gasteiger partial charge in [-0.15, -0.1) is 0 Å². The Morgan fingerprint density at radius 1 is 1.41 bits per heavy atom. The zero-order valence-corrected chi connectivity index (χ0v) is 10.3. The largest absolute Gasteiger partial charge is 0.397 e. The van der Waals surface area contributed by atoms with Crippen molar-refractivity contribution >= 4 is 27.1 Å². The Morgan fingerprint density at radius 3 is 2.59 bits per heavy atom. The normalized spacial score (nSPS) is 11.1. The summed E-state index contributed by atoms with van der Waals surface area (Å²) in [6, 6.07) is 4.56. The SMILES string of the molecule is CS(=O)(=O)CCNc1cc(C(N)=O)ccc1N. The molecule has 0 unspecified atom stereocenters. The molecule has 1 amide bonds. The van der Waals surface area contributed by atoms with E-state index in [1.807, 2.05) is 0 Å². The molecule has 6 nitrogen and oxygen atoms in total. The number of nitrogens with two attached hydrogens (primary N) is 2. The summed E-state index contributed by atoms with van der Waals surface area (Å²) >= 11 is 0. The third-order valence-corrected chi connectivity index (χ3v) is 3.07. The molecule has 0 aliphatic heterocycles. The molecule has 0 saturated carbocycles. The molecule has 1 aromatic carbocycles. The smallest absolute Gasteiger partial charge is 0.248 e. The molecule has 1 rings (SSSR count). The number of hydrogen-bond donors (Lipinski definition) is 3. The number of carbonyl (C=O) groups is 1. The van der Waals surface area contributed by atoms with Gasteiger partial charge >= 0.3 is 0 Å². The summed E-state index contributed by atoms with van der Waals surface area (Å²) in [5.41, 5.74) is 12.1. The van der Waals surface area contributed by atoms with E-state index < -0.39 is 15.7 Å². The van der Waals surface area contributed by atoms with E-state index in [1.54, 1.807) is 6.07 Å². The molecule has 0 saturated heterocycles. The third-order valence-electron chi connectivity index (χ3n) is 2.13. The molecular formula is C10H15N3O3S. The first-order valence-corrected chi connectivity index (χ1v) is 6.96. The third kappa shape index (κ3) is 4.31. The van der Waals surface area contributed by atoms with Crippen molar-refractivity contribution in [1.82, 2.24) is 0 Å². The van der Waals surface area contributed by atoms with E-state index in [0.717, 1.165) is 6.26 Å². The van der Waals surface area contributed by atoms with Crippen molar-refractivity contribution in [3.8, 4) is 0 Å². The highest BCUT2D eigenvalue weighted by Crippen LogP contribution is 2.19. The van der Waals surface area contributed by atoms with Gasteiger partial charge in [-0.25, -0.2) is 8.42 Å². The van der Waals surface area contributed by atoms with Crippen molar-refractivity contribution in [2.75, 3.05) is 29.6 Å². The summed E-state index contributed by atoms with van der Waals surface area (Å²) in [5, 5.41) is 2.85. The topological polar surface area (TPSA) is 115 Å². The fraction of sp³-hybridized carbons (Fsp3) is 0.300. The maximum absolute atomic E-state index is 11.0. The number of rotatable bonds is 5. The van der Waals surface area contributed by atoms with Crippen LogP contribution in [0.1, 0.15) is 10.4 Å². The van der Waals surface area contributed by atoms with Gasteiger partial charge in [0.1, 0.15) is 9.84 Å². The molecule has 0 bridgehead atoms. The fourth-order valence-electron chi connectivity index (χ4n) is 1.23. The summed E-state index contributed by atoms with van der Waals surface area (Å²) in [7, 11) is -3.03. The molecule has 0 fully saturated rings. The number of anilines is 2. The number of sulfone groups is 1. The van der Waals surface area contributed by atoms with Crippen LogP contribution in [0, 0.1) is 0 Å². The highest BCUT2D eigenvalue weighted by atomic mass is 32.2. The fourth-order valence-corrected chi connectivity index (χ4v) is 1.71. The van der Waals surface area contributed by atoms with Crippen LogP contribution in [0.2, 0.25) is 0 Å². The van der Waals surface area contributed by atoms with Crippen LogP contribution in [0.5, 0.6) is 0 Å². The molecule has 0 atom stereocenters. The molecule has 0 aliphatic carbocycles. The molecule has 0 heterocycles. The minimum Gasteiger partial charge on any atom is -0.397 e. The van der Waals surface area contributed by atoms with Crippen molar-refractivity contribution in [1.29, 1.82) is 0 Å². The minimum absolute atomic E-state index is 0.00671. The lowest BCUT2D eigenvalue weighted by Crippen LogP contribution is -2.16. The quantitative estimate of drug-likeness (QED) is 0.633. The molecule has 5 N–H and O–H groups in total. The molecule has 7 heteroatoms. The van der Waals surface area contributed by atoms with Gasteiger partial charge in [-0.1, -0.05) is 0 Å². The molecule has 94 valence electrons. The average molecular weight is 257 g/mol. The number of nitrogen functional groups attached to an aromatic ring is 1. The molecule has 0 aromatic heterocycles. The van der Waals surface area contributed by atoms with Crippen molar-refractivity contribution < 1.29 is 13.2 Å². The van der Waals surface area contributed by atoms with Gasteiger partial charge in [0, 0.05) is 18.4 Å². The van der Waals surface area contributed by atoms with E-state index in [-0.39, 0.29) is 12.3 Å². The van der Waals surface area contributed by atoms with Gasteiger partial charge in [-0.3, -0.25) is 4.79 Å². The summed E-state index contributed by atoms with van der Waals surface area (Å²) in [6.45, 7) is 0.227. The predicted octanol–water partition coefficient (Wildman–Crippen LogP) is -0.176.